The van der Waals surface area contributed by atoms with Crippen LogP contribution in [0.2, 0.25) is 0 Å². The third-order valence-corrected chi connectivity index (χ3v) is 4.60. The minimum Gasteiger partial charge on any atom is -0.378 e. The highest BCUT2D eigenvalue weighted by Crippen LogP contribution is 2.23. The number of benzene rings is 2. The molecule has 3 aromatic rings. The zero-order valence-electron chi connectivity index (χ0n) is 17.0. The van der Waals surface area contributed by atoms with Crippen LogP contribution in [0.3, 0.4) is 0 Å². The summed E-state index contributed by atoms with van der Waals surface area (Å²) in [6.07, 6.45) is 0. The highest BCUT2D eigenvalue weighted by molar-refractivity contribution is 6.11. The van der Waals surface area contributed by atoms with E-state index in [1.807, 2.05) is 64.0 Å². The Kier molecular flexibility index (Phi) is 5.49. The van der Waals surface area contributed by atoms with Crippen LogP contribution < -0.4 is 15.8 Å². The van der Waals surface area contributed by atoms with Gasteiger partial charge in [0.05, 0.1) is 5.39 Å². The van der Waals surface area contributed by atoms with Crippen LogP contribution >= 0.6 is 0 Å². The van der Waals surface area contributed by atoms with E-state index in [0.717, 1.165) is 16.9 Å². The number of carbonyl (C=O) groups is 1. The molecule has 1 N–H and O–H groups in total. The number of anilines is 2. The SMILES string of the molecule is Cc1cc(N(C)C)ccc1NC(=O)c1nn(CC(C)C)c(=O)c2ccccc12. The fourth-order valence-corrected chi connectivity index (χ4v) is 3.12. The molecular formula is C22H26N4O2. The van der Waals surface area contributed by atoms with Crippen molar-refractivity contribution in [2.24, 2.45) is 5.92 Å². The summed E-state index contributed by atoms with van der Waals surface area (Å²) in [5.74, 6) is -0.0856. The Morgan fingerprint density at radius 1 is 1.14 bits per heavy atom. The molecule has 1 amide bonds. The normalized spacial score (nSPS) is 11.1. The number of carbonyl (C=O) groups excluding carboxylic acids is 1. The van der Waals surface area contributed by atoms with E-state index in [4.69, 9.17) is 0 Å². The summed E-state index contributed by atoms with van der Waals surface area (Å²) in [6.45, 7) is 6.44. The van der Waals surface area contributed by atoms with Crippen molar-refractivity contribution < 1.29 is 4.79 Å². The van der Waals surface area contributed by atoms with Crippen LogP contribution in [-0.4, -0.2) is 29.8 Å². The number of aromatic nitrogens is 2. The lowest BCUT2D eigenvalue weighted by molar-refractivity contribution is 0.102. The molecule has 6 nitrogen and oxygen atoms in total. The Bertz CT molecular complexity index is 1080. The second kappa shape index (κ2) is 7.84. The first-order valence-corrected chi connectivity index (χ1v) is 9.37. The highest BCUT2D eigenvalue weighted by atomic mass is 16.2. The predicted molar refractivity (Wildman–Crippen MR) is 114 cm³/mol. The minimum absolute atomic E-state index is 0.174. The molecule has 146 valence electrons. The molecule has 0 spiro atoms. The maximum atomic E-state index is 13.0. The summed E-state index contributed by atoms with van der Waals surface area (Å²) in [6, 6.07) is 13.0. The van der Waals surface area contributed by atoms with E-state index >= 15 is 0 Å². The molecule has 0 saturated heterocycles. The topological polar surface area (TPSA) is 67.2 Å². The summed E-state index contributed by atoms with van der Waals surface area (Å²) in [4.78, 5) is 27.8. The molecule has 0 aliphatic carbocycles. The second-order valence-electron chi connectivity index (χ2n) is 7.62. The number of rotatable bonds is 5. The van der Waals surface area contributed by atoms with E-state index < -0.39 is 0 Å². The van der Waals surface area contributed by atoms with Crippen LogP contribution in [0, 0.1) is 12.8 Å². The Labute approximate surface area is 164 Å². The van der Waals surface area contributed by atoms with E-state index in [9.17, 15) is 9.59 Å². The largest absolute Gasteiger partial charge is 0.378 e. The van der Waals surface area contributed by atoms with Gasteiger partial charge in [0.25, 0.3) is 11.5 Å². The molecule has 0 fully saturated rings. The van der Waals surface area contributed by atoms with Gasteiger partial charge in [-0.15, -0.1) is 0 Å². The average molecular weight is 378 g/mol. The first-order chi connectivity index (χ1) is 13.3. The van der Waals surface area contributed by atoms with Crippen molar-refractivity contribution in [3.63, 3.8) is 0 Å². The molecule has 2 aromatic carbocycles. The van der Waals surface area contributed by atoms with E-state index in [-0.39, 0.29) is 23.1 Å². The average Bonchev–Trinajstić information content (AvgIpc) is 2.65. The highest BCUT2D eigenvalue weighted by Gasteiger charge is 2.18. The predicted octanol–water partition coefficient (Wildman–Crippen LogP) is 3.68. The van der Waals surface area contributed by atoms with Gasteiger partial charge < -0.3 is 10.2 Å². The summed E-state index contributed by atoms with van der Waals surface area (Å²) in [5.41, 5.74) is 2.83. The van der Waals surface area contributed by atoms with Crippen molar-refractivity contribution in [3.05, 3.63) is 64.1 Å². The van der Waals surface area contributed by atoms with Gasteiger partial charge >= 0.3 is 0 Å². The quantitative estimate of drug-likeness (QED) is 0.735. The van der Waals surface area contributed by atoms with Crippen molar-refractivity contribution in [3.8, 4) is 0 Å². The van der Waals surface area contributed by atoms with Gasteiger partial charge in [-0.1, -0.05) is 32.0 Å². The third kappa shape index (κ3) is 3.91. The van der Waals surface area contributed by atoms with Crippen LogP contribution in [0.5, 0.6) is 0 Å². The van der Waals surface area contributed by atoms with Crippen molar-refractivity contribution >= 4 is 28.1 Å². The van der Waals surface area contributed by atoms with Crippen molar-refractivity contribution in [1.82, 2.24) is 9.78 Å². The van der Waals surface area contributed by atoms with Crippen LogP contribution in [0.15, 0.2) is 47.3 Å². The zero-order chi connectivity index (χ0) is 20.4. The second-order valence-corrected chi connectivity index (χ2v) is 7.62. The first kappa shape index (κ1) is 19.6. The van der Waals surface area contributed by atoms with Gasteiger partial charge in [-0.2, -0.15) is 5.10 Å². The molecule has 28 heavy (non-hydrogen) atoms. The van der Waals surface area contributed by atoms with E-state index in [1.165, 1.54) is 4.68 Å². The molecule has 0 bridgehead atoms. The summed E-state index contributed by atoms with van der Waals surface area (Å²) in [5, 5.41) is 8.41. The maximum absolute atomic E-state index is 13.0. The molecule has 0 radical (unpaired) electrons. The molecular weight excluding hydrogens is 352 g/mol. The molecule has 0 aliphatic rings. The van der Waals surface area contributed by atoms with Crippen molar-refractivity contribution in [2.45, 2.75) is 27.3 Å². The van der Waals surface area contributed by atoms with Crippen LogP contribution in [0.1, 0.15) is 29.9 Å². The summed E-state index contributed by atoms with van der Waals surface area (Å²) in [7, 11) is 3.95. The molecule has 1 heterocycles. The smallest absolute Gasteiger partial charge is 0.276 e. The first-order valence-electron chi connectivity index (χ1n) is 9.37. The van der Waals surface area contributed by atoms with Gasteiger partial charge in [-0.05, 0) is 42.7 Å². The van der Waals surface area contributed by atoms with Gasteiger partial charge in [0.15, 0.2) is 5.69 Å². The third-order valence-electron chi connectivity index (χ3n) is 4.60. The number of fused-ring (bicyclic) bond motifs is 1. The van der Waals surface area contributed by atoms with Crippen LogP contribution in [0.4, 0.5) is 11.4 Å². The Morgan fingerprint density at radius 2 is 1.82 bits per heavy atom. The number of nitrogens with one attached hydrogen (secondary N) is 1. The molecule has 0 unspecified atom stereocenters. The minimum atomic E-state index is -0.325. The molecule has 1 aromatic heterocycles. The lowest BCUT2D eigenvalue weighted by Gasteiger charge is -2.16. The monoisotopic (exact) mass is 378 g/mol. The Balaban J connectivity index is 2.04. The fraction of sp³-hybridized carbons (Fsp3) is 0.318. The van der Waals surface area contributed by atoms with Crippen LogP contribution in [0.25, 0.3) is 10.8 Å². The van der Waals surface area contributed by atoms with Crippen molar-refractivity contribution in [1.29, 1.82) is 0 Å². The molecule has 0 saturated carbocycles. The Morgan fingerprint density at radius 3 is 2.43 bits per heavy atom. The van der Waals surface area contributed by atoms with Gasteiger partial charge in [0.1, 0.15) is 0 Å². The lowest BCUT2D eigenvalue weighted by atomic mass is 10.1. The summed E-state index contributed by atoms with van der Waals surface area (Å²) < 4.78 is 1.39. The molecule has 0 atom stereocenters. The maximum Gasteiger partial charge on any atom is 0.276 e. The molecule has 3 rings (SSSR count). The standard InChI is InChI=1S/C22H26N4O2/c1-14(2)13-26-22(28)18-9-7-6-8-17(18)20(24-26)21(27)23-19-11-10-16(25(4)5)12-15(19)3/h6-12,14H,13H2,1-5H3,(H,23,27). The fourth-order valence-electron chi connectivity index (χ4n) is 3.12. The van der Waals surface area contributed by atoms with Gasteiger partial charge in [0, 0.05) is 37.4 Å². The van der Waals surface area contributed by atoms with Gasteiger partial charge in [-0.25, -0.2) is 4.68 Å². The van der Waals surface area contributed by atoms with E-state index in [2.05, 4.69) is 10.4 Å². The van der Waals surface area contributed by atoms with Crippen molar-refractivity contribution in [2.75, 3.05) is 24.3 Å². The zero-order valence-corrected chi connectivity index (χ0v) is 17.0. The number of hydrogen-bond acceptors (Lipinski definition) is 4. The van der Waals surface area contributed by atoms with Crippen LogP contribution in [-0.2, 0) is 6.54 Å². The number of nitrogens with zero attached hydrogens (tertiary/aromatic N) is 3. The lowest BCUT2D eigenvalue weighted by Crippen LogP contribution is -2.29. The Hall–Kier alpha value is -3.15. The number of hydrogen-bond donors (Lipinski definition) is 1. The van der Waals surface area contributed by atoms with E-state index in [0.29, 0.717) is 17.3 Å². The molecule has 6 heteroatoms. The summed E-state index contributed by atoms with van der Waals surface area (Å²) >= 11 is 0. The van der Waals surface area contributed by atoms with Gasteiger partial charge in [-0.3, -0.25) is 9.59 Å². The molecule has 0 aliphatic heterocycles. The van der Waals surface area contributed by atoms with Gasteiger partial charge in [0.2, 0.25) is 0 Å². The number of aryl methyl sites for hydroxylation is 1. The number of amides is 1. The van der Waals surface area contributed by atoms with E-state index in [1.54, 1.807) is 18.2 Å².